The Balaban J connectivity index is 0.000000141. The predicted octanol–water partition coefficient (Wildman–Crippen LogP) is 0.915. The molecular formula is C20H22ClN12Se3. The van der Waals surface area contributed by atoms with E-state index in [1.807, 2.05) is 12.4 Å². The molecule has 6 N–H and O–H groups in total. The van der Waals surface area contributed by atoms with Gasteiger partial charge in [0.25, 0.3) is 0 Å². The topological polar surface area (TPSA) is 186 Å². The number of imidazole rings is 3. The first kappa shape index (κ1) is 28.1. The Hall–Kier alpha value is -2.50. The van der Waals surface area contributed by atoms with Crippen molar-refractivity contribution >= 4 is 91.0 Å². The van der Waals surface area contributed by atoms with E-state index in [0.717, 1.165) is 28.8 Å². The molecule has 1 radical (unpaired) electrons. The Kier molecular flexibility index (Phi) is 11.1. The summed E-state index contributed by atoms with van der Waals surface area (Å²) in [5.74, 6) is 0. The summed E-state index contributed by atoms with van der Waals surface area (Å²) in [5.41, 5.74) is 10.5. The van der Waals surface area contributed by atoms with Gasteiger partial charge in [0, 0.05) is 0 Å². The molecule has 1 unspecified atom stereocenters. The molecular weight excluding hydrogens is 681 g/mol. The van der Waals surface area contributed by atoms with Crippen LogP contribution in [0.4, 0.5) is 0 Å². The van der Waals surface area contributed by atoms with Gasteiger partial charge in [-0.3, -0.25) is 0 Å². The fraction of sp³-hybridized carbons (Fsp3) is 0.250. The van der Waals surface area contributed by atoms with Crippen molar-refractivity contribution in [2.75, 3.05) is 0 Å². The zero-order chi connectivity index (χ0) is 25.9. The van der Waals surface area contributed by atoms with Gasteiger partial charge in [0.1, 0.15) is 11.8 Å². The third-order valence-electron chi connectivity index (χ3n) is 4.45. The maximum absolute atomic E-state index is 6.22. The van der Waals surface area contributed by atoms with E-state index < -0.39 is 0 Å². The predicted molar refractivity (Wildman–Crippen MR) is 145 cm³/mol. The van der Waals surface area contributed by atoms with Gasteiger partial charge in [0.15, 0.2) is 10.8 Å². The Morgan fingerprint density at radius 3 is 2.50 bits per heavy atom. The third-order valence-corrected chi connectivity index (χ3v) is 7.45. The van der Waals surface area contributed by atoms with Crippen LogP contribution in [-0.4, -0.2) is 108 Å². The number of nitrogens with one attached hydrogen (secondary N) is 4. The molecule has 4 aromatic rings. The number of fused-ring (bicyclic) bond motifs is 3. The van der Waals surface area contributed by atoms with Crippen LogP contribution >= 0.6 is 11.6 Å². The van der Waals surface area contributed by atoms with Crippen molar-refractivity contribution in [1.82, 2.24) is 39.9 Å². The number of nitrogens with two attached hydrogens (primary N) is 1. The van der Waals surface area contributed by atoms with E-state index in [0.29, 0.717) is 36.2 Å². The average molecular weight is 703 g/mol. The molecule has 0 saturated carbocycles. The summed E-state index contributed by atoms with van der Waals surface area (Å²) in [6.45, 7) is 2.20. The monoisotopic (exact) mass is 705 g/mol. The van der Waals surface area contributed by atoms with Gasteiger partial charge in [-0.2, -0.15) is 0 Å². The molecule has 6 rings (SSSR count). The van der Waals surface area contributed by atoms with Gasteiger partial charge in [-0.1, -0.05) is 11.6 Å². The van der Waals surface area contributed by atoms with Crippen LogP contribution in [0.5, 0.6) is 0 Å². The van der Waals surface area contributed by atoms with Crippen molar-refractivity contribution in [3.8, 4) is 0 Å². The minimum absolute atomic E-state index is 0.0417. The summed E-state index contributed by atoms with van der Waals surface area (Å²) in [7, 11) is 0. The van der Waals surface area contributed by atoms with E-state index >= 15 is 0 Å². The molecule has 0 aromatic carbocycles. The average Bonchev–Trinajstić information content (AvgIpc) is 3.61. The molecule has 0 aliphatic carbocycles. The van der Waals surface area contributed by atoms with E-state index in [-0.39, 0.29) is 4.73 Å². The van der Waals surface area contributed by atoms with Gasteiger partial charge >= 0.3 is 175 Å². The van der Waals surface area contributed by atoms with Crippen LogP contribution in [-0.2, 0) is 12.8 Å². The van der Waals surface area contributed by atoms with E-state index in [4.69, 9.17) is 17.0 Å². The molecule has 0 amide bonds. The van der Waals surface area contributed by atoms with Crippen molar-refractivity contribution < 1.29 is 0 Å². The number of halogens is 1. The van der Waals surface area contributed by atoms with E-state index in [1.54, 1.807) is 12.7 Å². The van der Waals surface area contributed by atoms with Gasteiger partial charge in [0.2, 0.25) is 0 Å². The van der Waals surface area contributed by atoms with Gasteiger partial charge in [-0.25, -0.2) is 15.0 Å². The molecule has 187 valence electrons. The van der Waals surface area contributed by atoms with Crippen LogP contribution in [0.15, 0.2) is 35.3 Å². The maximum atomic E-state index is 6.22. The molecule has 36 heavy (non-hydrogen) atoms. The van der Waals surface area contributed by atoms with E-state index in [1.165, 1.54) is 29.4 Å². The van der Waals surface area contributed by atoms with Crippen LogP contribution in [0.25, 0.3) is 11.2 Å². The molecule has 1 atom stereocenters. The molecule has 2 aliphatic rings. The number of hydrogen-bond acceptors (Lipinski definition) is 8. The fourth-order valence-electron chi connectivity index (χ4n) is 2.98. The van der Waals surface area contributed by atoms with Crippen molar-refractivity contribution in [3.05, 3.63) is 53.2 Å². The van der Waals surface area contributed by atoms with E-state index in [9.17, 15) is 0 Å². The molecule has 16 heteroatoms. The second kappa shape index (κ2) is 14.3. The Bertz CT molecular complexity index is 1350. The van der Waals surface area contributed by atoms with Crippen LogP contribution in [0, 0.1) is 5.41 Å². The molecule has 12 nitrogen and oxygen atoms in total. The van der Waals surface area contributed by atoms with Gasteiger partial charge in [-0.15, -0.1) is 0 Å². The second-order valence-corrected chi connectivity index (χ2v) is 11.7. The molecule has 0 fully saturated rings. The normalized spacial score (nSPS) is 14.8. The molecule has 0 spiro atoms. The molecule has 0 saturated heterocycles. The Morgan fingerprint density at radius 2 is 1.78 bits per heavy atom. The van der Waals surface area contributed by atoms with E-state index in [2.05, 4.69) is 94.1 Å². The summed E-state index contributed by atoms with van der Waals surface area (Å²) in [5, 5.41) is 7.85. The van der Waals surface area contributed by atoms with Crippen molar-refractivity contribution in [2.45, 2.75) is 30.0 Å². The number of rotatable bonds is 2. The number of amidine groups is 1. The van der Waals surface area contributed by atoms with Crippen LogP contribution < -0.4 is 5.73 Å². The van der Waals surface area contributed by atoms with Crippen molar-refractivity contribution in [2.24, 2.45) is 15.7 Å². The van der Waals surface area contributed by atoms with Gasteiger partial charge in [0.05, 0.1) is 6.33 Å². The van der Waals surface area contributed by atoms with Crippen LogP contribution in [0.3, 0.4) is 0 Å². The summed E-state index contributed by atoms with van der Waals surface area (Å²) in [6.07, 6.45) is 12.0. The zero-order valence-corrected chi connectivity index (χ0v) is 24.9. The summed E-state index contributed by atoms with van der Waals surface area (Å²) in [6, 6.07) is 0. The minimum atomic E-state index is 0.0417. The Morgan fingerprint density at radius 1 is 1.08 bits per heavy atom. The SMILES string of the molecule is CC[Se]C1N=CCc2[nH]cnc21.Clc1ncnc2nc[nH]c12.N=C(N)[Se].[Se]=C1N=CCc2[nH]cnc21. The molecule has 6 heterocycles. The Labute approximate surface area is 234 Å². The number of hydrogen-bond donors (Lipinski definition) is 5. The fourth-order valence-corrected chi connectivity index (χ4v) is 5.46. The first-order valence-electron chi connectivity index (χ1n) is 10.5. The first-order valence-corrected chi connectivity index (χ1v) is 14.7. The molecule has 4 aromatic heterocycles. The zero-order valence-electron chi connectivity index (χ0n) is 19.0. The number of nitrogens with zero attached hydrogens (tertiary/aromatic N) is 7. The van der Waals surface area contributed by atoms with Crippen molar-refractivity contribution in [3.63, 3.8) is 0 Å². The number of aromatic nitrogens is 8. The van der Waals surface area contributed by atoms with Crippen LogP contribution in [0.2, 0.25) is 10.5 Å². The van der Waals surface area contributed by atoms with Crippen molar-refractivity contribution in [1.29, 1.82) is 5.41 Å². The quantitative estimate of drug-likeness (QED) is 0.0895. The number of aliphatic imine (C=N–C) groups is 2. The third kappa shape index (κ3) is 8.00. The van der Waals surface area contributed by atoms with Crippen LogP contribution in [0.1, 0.15) is 34.6 Å². The summed E-state index contributed by atoms with van der Waals surface area (Å²) < 4.78 is 0.919. The standard InChI is InChI=1S/C8H11N3Se.C6H5N3Se.C5H3ClN4.CH3N2Se/c1-2-12-8-7-6(3-4-9-8)10-5-11-7;10-6-5-4(1-2-7-6)8-3-9-5;6-4-3-5(9-1-7-3)10-2-8-4;2-1(3)4/h4-5,8H,2-3H2,1H3,(H,10,11);2-3H,1H2,(H,8,9);1-2H,(H,7,8,9,10);(H3,2,3). The molecule has 0 bridgehead atoms. The van der Waals surface area contributed by atoms with Gasteiger partial charge < -0.3 is 4.98 Å². The summed E-state index contributed by atoms with van der Waals surface area (Å²) in [4.78, 5) is 37.9. The first-order chi connectivity index (χ1) is 17.4. The summed E-state index contributed by atoms with van der Waals surface area (Å²) >= 11 is 11.4. The number of H-pyrrole nitrogens is 3. The molecule has 2 aliphatic heterocycles. The number of aromatic amines is 3. The second-order valence-electron chi connectivity index (χ2n) is 6.79. The van der Waals surface area contributed by atoms with Gasteiger partial charge in [-0.05, 0) is 0 Å².